The predicted molar refractivity (Wildman–Crippen MR) is 77.2 cm³/mol. The molecule has 0 aromatic carbocycles. The van der Waals surface area contributed by atoms with E-state index in [4.69, 9.17) is 9.84 Å². The maximum atomic E-state index is 12.2. The molecule has 122 valence electrons. The van der Waals surface area contributed by atoms with Gasteiger partial charge in [-0.3, -0.25) is 4.79 Å². The first-order valence-corrected chi connectivity index (χ1v) is 9.11. The molecule has 2 fully saturated rings. The van der Waals surface area contributed by atoms with Gasteiger partial charge >= 0.3 is 0 Å². The van der Waals surface area contributed by atoms with Crippen molar-refractivity contribution in [3.8, 4) is 0 Å². The van der Waals surface area contributed by atoms with E-state index in [0.29, 0.717) is 32.8 Å². The minimum atomic E-state index is -3.40. The zero-order valence-electron chi connectivity index (χ0n) is 12.2. The lowest BCUT2D eigenvalue weighted by molar-refractivity contribution is -0.135. The third kappa shape index (κ3) is 4.38. The van der Waals surface area contributed by atoms with E-state index in [1.165, 1.54) is 4.31 Å². The molecule has 0 atom stereocenters. The normalized spacial score (nSPS) is 21.0. The number of carbonyl (C=O) groups excluding carboxylic acids is 1. The topological polar surface area (TPSA) is 87.2 Å². The van der Waals surface area contributed by atoms with E-state index in [9.17, 15) is 13.2 Å². The predicted octanol–water partition coefficient (Wildman–Crippen LogP) is -0.588. The second kappa shape index (κ2) is 7.53. The molecule has 0 radical (unpaired) electrons. The lowest BCUT2D eigenvalue weighted by Gasteiger charge is -2.37. The third-order valence-electron chi connectivity index (χ3n) is 4.11. The Balaban J connectivity index is 1.86. The van der Waals surface area contributed by atoms with Gasteiger partial charge in [0.2, 0.25) is 15.9 Å². The van der Waals surface area contributed by atoms with E-state index in [-0.39, 0.29) is 30.7 Å². The van der Waals surface area contributed by atoms with Crippen LogP contribution in [-0.2, 0) is 19.6 Å². The molecule has 0 aromatic heterocycles. The van der Waals surface area contributed by atoms with Crippen LogP contribution in [-0.4, -0.2) is 79.9 Å². The van der Waals surface area contributed by atoms with Gasteiger partial charge in [0.25, 0.3) is 0 Å². The highest BCUT2D eigenvalue weighted by molar-refractivity contribution is 7.89. The second-order valence-corrected chi connectivity index (χ2v) is 7.56. The molecule has 1 saturated carbocycles. The van der Waals surface area contributed by atoms with Crippen molar-refractivity contribution in [2.75, 3.05) is 45.2 Å². The van der Waals surface area contributed by atoms with Gasteiger partial charge in [0.15, 0.2) is 0 Å². The molecule has 1 aliphatic carbocycles. The number of aliphatic hydroxyl groups excluding tert-OH is 1. The Labute approximate surface area is 125 Å². The molecule has 0 unspecified atom stereocenters. The Morgan fingerprint density at radius 3 is 2.48 bits per heavy atom. The van der Waals surface area contributed by atoms with Gasteiger partial charge in [-0.15, -0.1) is 0 Å². The highest BCUT2D eigenvalue weighted by Crippen LogP contribution is 2.25. The Hall–Kier alpha value is -0.700. The summed E-state index contributed by atoms with van der Waals surface area (Å²) in [6.07, 6.45) is 2.96. The number of aliphatic hydroxyl groups is 1. The molecule has 2 aliphatic rings. The molecule has 1 aliphatic heterocycles. The molecular weight excluding hydrogens is 296 g/mol. The third-order valence-corrected chi connectivity index (χ3v) is 5.99. The highest BCUT2D eigenvalue weighted by atomic mass is 32.2. The lowest BCUT2D eigenvalue weighted by atomic mass is 9.91. The van der Waals surface area contributed by atoms with Crippen molar-refractivity contribution in [1.82, 2.24) is 9.21 Å². The monoisotopic (exact) mass is 320 g/mol. The molecule has 7 nitrogen and oxygen atoms in total. The number of rotatable bonds is 7. The van der Waals surface area contributed by atoms with Crippen LogP contribution in [0.5, 0.6) is 0 Å². The van der Waals surface area contributed by atoms with Gasteiger partial charge in [-0.05, 0) is 19.3 Å². The fourth-order valence-corrected chi connectivity index (χ4v) is 4.03. The van der Waals surface area contributed by atoms with Gasteiger partial charge in [-0.2, -0.15) is 4.31 Å². The van der Waals surface area contributed by atoms with Crippen LogP contribution >= 0.6 is 0 Å². The van der Waals surface area contributed by atoms with Crippen LogP contribution in [0.25, 0.3) is 0 Å². The van der Waals surface area contributed by atoms with E-state index in [1.807, 2.05) is 0 Å². The average Bonchev–Trinajstić information content (AvgIpc) is 2.43. The fourth-order valence-electron chi connectivity index (χ4n) is 2.63. The van der Waals surface area contributed by atoms with Gasteiger partial charge in [-0.1, -0.05) is 0 Å². The zero-order chi connectivity index (χ0) is 15.3. The molecule has 2 rings (SSSR count). The highest BCUT2D eigenvalue weighted by Gasteiger charge is 2.30. The van der Waals surface area contributed by atoms with Gasteiger partial charge < -0.3 is 14.7 Å². The van der Waals surface area contributed by atoms with Gasteiger partial charge in [0.1, 0.15) is 0 Å². The summed E-state index contributed by atoms with van der Waals surface area (Å²) in [6.45, 7) is 1.75. The number of sulfonamides is 1. The fraction of sp³-hybridized carbons (Fsp3) is 0.923. The first-order valence-electron chi connectivity index (χ1n) is 7.50. The minimum absolute atomic E-state index is 0.0177. The number of ether oxygens (including phenoxy) is 1. The Bertz CT molecular complexity index is 443. The molecule has 1 saturated heterocycles. The Kier molecular flexibility index (Phi) is 5.98. The summed E-state index contributed by atoms with van der Waals surface area (Å²) in [4.78, 5) is 13.8. The number of amides is 1. The summed E-state index contributed by atoms with van der Waals surface area (Å²) >= 11 is 0. The van der Waals surface area contributed by atoms with Crippen molar-refractivity contribution < 1.29 is 23.1 Å². The lowest BCUT2D eigenvalue weighted by Crippen LogP contribution is -2.47. The number of hydrogen-bond donors (Lipinski definition) is 1. The van der Waals surface area contributed by atoms with E-state index in [2.05, 4.69) is 0 Å². The summed E-state index contributed by atoms with van der Waals surface area (Å²) in [7, 11) is -3.40. The smallest absolute Gasteiger partial charge is 0.223 e. The van der Waals surface area contributed by atoms with Crippen molar-refractivity contribution in [2.24, 2.45) is 0 Å². The van der Waals surface area contributed by atoms with Crippen molar-refractivity contribution in [1.29, 1.82) is 0 Å². The Morgan fingerprint density at radius 2 is 1.95 bits per heavy atom. The standard InChI is InChI=1S/C13H24N2O5S/c16-8-5-15(12-2-1-3-12)13(17)4-11-21(18,19)14-6-9-20-10-7-14/h12,16H,1-11H2. The van der Waals surface area contributed by atoms with Gasteiger partial charge in [0, 0.05) is 32.1 Å². The number of morpholine rings is 1. The van der Waals surface area contributed by atoms with E-state index >= 15 is 0 Å². The van der Waals surface area contributed by atoms with Crippen LogP contribution in [0.2, 0.25) is 0 Å². The van der Waals surface area contributed by atoms with Crippen LogP contribution < -0.4 is 0 Å². The number of carbonyl (C=O) groups is 1. The number of hydrogen-bond acceptors (Lipinski definition) is 5. The van der Waals surface area contributed by atoms with E-state index < -0.39 is 10.0 Å². The summed E-state index contributed by atoms with van der Waals surface area (Å²) < 4.78 is 30.9. The summed E-state index contributed by atoms with van der Waals surface area (Å²) in [5, 5.41) is 9.05. The van der Waals surface area contributed by atoms with Crippen LogP contribution in [0.3, 0.4) is 0 Å². The SMILES string of the molecule is O=C(CCS(=O)(=O)N1CCOCC1)N(CCO)C1CCC1. The molecular formula is C13H24N2O5S. The van der Waals surface area contributed by atoms with Crippen LogP contribution in [0.1, 0.15) is 25.7 Å². The second-order valence-electron chi connectivity index (χ2n) is 5.47. The molecule has 8 heteroatoms. The van der Waals surface area contributed by atoms with Crippen LogP contribution in [0.15, 0.2) is 0 Å². The van der Waals surface area contributed by atoms with Gasteiger partial charge in [-0.25, -0.2) is 8.42 Å². The van der Waals surface area contributed by atoms with Crippen molar-refractivity contribution in [3.05, 3.63) is 0 Å². The molecule has 1 N–H and O–H groups in total. The number of nitrogens with zero attached hydrogens (tertiary/aromatic N) is 2. The zero-order valence-corrected chi connectivity index (χ0v) is 13.1. The molecule has 0 aromatic rings. The van der Waals surface area contributed by atoms with Crippen molar-refractivity contribution in [2.45, 2.75) is 31.7 Å². The van der Waals surface area contributed by atoms with Crippen molar-refractivity contribution >= 4 is 15.9 Å². The largest absolute Gasteiger partial charge is 0.395 e. The molecule has 21 heavy (non-hydrogen) atoms. The summed E-state index contributed by atoms with van der Waals surface area (Å²) in [5.74, 6) is -0.342. The Morgan fingerprint density at radius 1 is 1.29 bits per heavy atom. The first kappa shape index (κ1) is 16.7. The van der Waals surface area contributed by atoms with Crippen LogP contribution in [0.4, 0.5) is 0 Å². The quantitative estimate of drug-likeness (QED) is 0.678. The first-order chi connectivity index (χ1) is 10.0. The maximum absolute atomic E-state index is 12.2. The summed E-state index contributed by atoms with van der Waals surface area (Å²) in [6, 6.07) is 0.177. The van der Waals surface area contributed by atoms with Crippen LogP contribution in [0, 0.1) is 0 Å². The van der Waals surface area contributed by atoms with Crippen molar-refractivity contribution in [3.63, 3.8) is 0 Å². The average molecular weight is 320 g/mol. The minimum Gasteiger partial charge on any atom is -0.395 e. The summed E-state index contributed by atoms with van der Waals surface area (Å²) in [5.41, 5.74) is 0. The van der Waals surface area contributed by atoms with E-state index in [0.717, 1.165) is 19.3 Å². The van der Waals surface area contributed by atoms with Gasteiger partial charge in [0.05, 0.1) is 25.6 Å². The maximum Gasteiger partial charge on any atom is 0.223 e. The molecule has 1 amide bonds. The molecule has 0 spiro atoms. The molecule has 0 bridgehead atoms. The van der Waals surface area contributed by atoms with E-state index in [1.54, 1.807) is 4.90 Å². The molecule has 1 heterocycles.